The van der Waals surface area contributed by atoms with Crippen molar-refractivity contribution in [3.05, 3.63) is 29.8 Å². The van der Waals surface area contributed by atoms with Crippen molar-refractivity contribution in [1.82, 2.24) is 10.6 Å². The largest absolute Gasteiger partial charge is 0.348 e. The summed E-state index contributed by atoms with van der Waals surface area (Å²) in [7, 11) is 0. The number of carbonyl (C=O) groups is 1. The second kappa shape index (κ2) is 8.66. The average Bonchev–Trinajstić information content (AvgIpc) is 2.41. The molecule has 0 saturated carbocycles. The Bertz CT molecular complexity index is 467. The Kier molecular flexibility index (Phi) is 7.57. The zero-order chi connectivity index (χ0) is 14.5. The van der Waals surface area contributed by atoms with E-state index in [0.29, 0.717) is 11.3 Å². The molecule has 0 bridgehead atoms. The van der Waals surface area contributed by atoms with E-state index in [0.717, 1.165) is 29.8 Å². The van der Waals surface area contributed by atoms with Gasteiger partial charge in [-0.25, -0.2) is 0 Å². The first-order valence-corrected chi connectivity index (χ1v) is 8.26. The van der Waals surface area contributed by atoms with Crippen LogP contribution in [0.4, 0.5) is 0 Å². The molecule has 0 aliphatic carbocycles. The number of thioether (sulfide) groups is 1. The summed E-state index contributed by atoms with van der Waals surface area (Å²) in [6.07, 6.45) is 2.18. The van der Waals surface area contributed by atoms with E-state index >= 15 is 0 Å². The van der Waals surface area contributed by atoms with Crippen LogP contribution in [0.1, 0.15) is 44.0 Å². The normalized spacial score (nSPS) is 21.7. The highest BCUT2D eigenvalue weighted by Crippen LogP contribution is 2.26. The van der Waals surface area contributed by atoms with Gasteiger partial charge in [0.1, 0.15) is 0 Å². The van der Waals surface area contributed by atoms with E-state index in [-0.39, 0.29) is 24.4 Å². The van der Waals surface area contributed by atoms with Gasteiger partial charge in [0.2, 0.25) is 0 Å². The molecule has 2 N–H and O–H groups in total. The summed E-state index contributed by atoms with van der Waals surface area (Å²) in [4.78, 5) is 13.6. The predicted molar refractivity (Wildman–Crippen MR) is 92.6 cm³/mol. The Morgan fingerprint density at radius 3 is 2.76 bits per heavy atom. The third-order valence-electron chi connectivity index (χ3n) is 3.57. The van der Waals surface area contributed by atoms with E-state index < -0.39 is 0 Å². The predicted octanol–water partition coefficient (Wildman–Crippen LogP) is 3.48. The minimum Gasteiger partial charge on any atom is -0.348 e. The van der Waals surface area contributed by atoms with Crippen LogP contribution < -0.4 is 10.6 Å². The summed E-state index contributed by atoms with van der Waals surface area (Å²) >= 11 is 1.74. The number of hydrogen-bond acceptors (Lipinski definition) is 3. The standard InChI is InChI=1S/C16H24N2OS.ClH/c1-11(2)20-15-9-5-4-7-13(15)16(19)18-14-8-6-10-17-12(14)3;/h4-5,7,9,11-12,14,17H,6,8,10H2,1-3H3,(H,18,19);1H. The molecule has 1 aromatic rings. The molecule has 21 heavy (non-hydrogen) atoms. The van der Waals surface area contributed by atoms with Gasteiger partial charge in [-0.1, -0.05) is 26.0 Å². The summed E-state index contributed by atoms with van der Waals surface area (Å²) in [5.74, 6) is 0.0503. The van der Waals surface area contributed by atoms with Crippen LogP contribution in [-0.2, 0) is 0 Å². The van der Waals surface area contributed by atoms with Crippen LogP contribution in [0.15, 0.2) is 29.2 Å². The molecule has 1 amide bonds. The molecule has 0 aromatic heterocycles. The first kappa shape index (κ1) is 18.3. The number of hydrogen-bond donors (Lipinski definition) is 2. The third kappa shape index (κ3) is 5.20. The second-order valence-electron chi connectivity index (χ2n) is 5.63. The van der Waals surface area contributed by atoms with Crippen molar-refractivity contribution in [1.29, 1.82) is 0 Å². The summed E-state index contributed by atoms with van der Waals surface area (Å²) < 4.78 is 0. The molecule has 5 heteroatoms. The smallest absolute Gasteiger partial charge is 0.252 e. The molecule has 1 fully saturated rings. The molecule has 1 aliphatic rings. The SMILES string of the molecule is CC(C)Sc1ccccc1C(=O)NC1CCCNC1C.Cl. The van der Waals surface area contributed by atoms with Gasteiger partial charge in [0, 0.05) is 22.2 Å². The fourth-order valence-corrected chi connectivity index (χ4v) is 3.45. The molecule has 2 atom stereocenters. The van der Waals surface area contributed by atoms with Gasteiger partial charge in [0.15, 0.2) is 0 Å². The number of nitrogens with one attached hydrogen (secondary N) is 2. The lowest BCUT2D eigenvalue weighted by molar-refractivity contribution is 0.0917. The Morgan fingerprint density at radius 2 is 2.10 bits per heavy atom. The van der Waals surface area contributed by atoms with Crippen molar-refractivity contribution < 1.29 is 4.79 Å². The lowest BCUT2D eigenvalue weighted by atomic mass is 9.99. The molecule has 3 nitrogen and oxygen atoms in total. The van der Waals surface area contributed by atoms with Crippen LogP contribution in [0.5, 0.6) is 0 Å². The third-order valence-corrected chi connectivity index (χ3v) is 4.65. The quantitative estimate of drug-likeness (QED) is 0.831. The summed E-state index contributed by atoms with van der Waals surface area (Å²) in [6, 6.07) is 8.45. The van der Waals surface area contributed by atoms with Crippen molar-refractivity contribution in [2.45, 2.75) is 55.8 Å². The molecule has 1 heterocycles. The number of rotatable bonds is 4. The first-order valence-electron chi connectivity index (χ1n) is 7.38. The molecule has 2 rings (SSSR count). The van der Waals surface area contributed by atoms with Gasteiger partial charge in [0.25, 0.3) is 5.91 Å². The molecule has 118 valence electrons. The molecular weight excluding hydrogens is 304 g/mol. The molecule has 2 unspecified atom stereocenters. The topological polar surface area (TPSA) is 41.1 Å². The summed E-state index contributed by atoms with van der Waals surface area (Å²) in [6.45, 7) is 7.48. The molecule has 0 radical (unpaired) electrons. The monoisotopic (exact) mass is 328 g/mol. The number of amides is 1. The maximum Gasteiger partial charge on any atom is 0.252 e. The lowest BCUT2D eigenvalue weighted by Crippen LogP contribution is -2.51. The molecule has 1 saturated heterocycles. The fraction of sp³-hybridized carbons (Fsp3) is 0.562. The van der Waals surface area contributed by atoms with Crippen molar-refractivity contribution in [3.8, 4) is 0 Å². The highest BCUT2D eigenvalue weighted by molar-refractivity contribution is 8.00. The molecule has 1 aromatic carbocycles. The van der Waals surface area contributed by atoms with Crippen molar-refractivity contribution in [3.63, 3.8) is 0 Å². The summed E-state index contributed by atoms with van der Waals surface area (Å²) in [5.41, 5.74) is 0.795. The van der Waals surface area contributed by atoms with Gasteiger partial charge in [-0.3, -0.25) is 4.79 Å². The molecule has 0 spiro atoms. The Hall–Kier alpha value is -0.710. The Balaban J connectivity index is 0.00000220. The maximum absolute atomic E-state index is 12.5. The van der Waals surface area contributed by atoms with Gasteiger partial charge < -0.3 is 10.6 Å². The van der Waals surface area contributed by atoms with E-state index in [1.807, 2.05) is 24.3 Å². The van der Waals surface area contributed by atoms with Gasteiger partial charge in [-0.2, -0.15) is 0 Å². The lowest BCUT2D eigenvalue weighted by Gasteiger charge is -2.30. The number of piperidine rings is 1. The maximum atomic E-state index is 12.5. The fourth-order valence-electron chi connectivity index (χ4n) is 2.50. The van der Waals surface area contributed by atoms with Gasteiger partial charge in [0.05, 0.1) is 5.56 Å². The van der Waals surface area contributed by atoms with E-state index in [1.54, 1.807) is 11.8 Å². The summed E-state index contributed by atoms with van der Waals surface area (Å²) in [5, 5.41) is 7.07. The highest BCUT2D eigenvalue weighted by Gasteiger charge is 2.23. The van der Waals surface area contributed by atoms with Gasteiger partial charge in [-0.05, 0) is 38.4 Å². The zero-order valence-corrected chi connectivity index (χ0v) is 14.5. The van der Waals surface area contributed by atoms with Crippen molar-refractivity contribution in [2.24, 2.45) is 0 Å². The van der Waals surface area contributed by atoms with Crippen molar-refractivity contribution in [2.75, 3.05) is 6.54 Å². The van der Waals surface area contributed by atoms with E-state index in [9.17, 15) is 4.79 Å². The van der Waals surface area contributed by atoms with E-state index in [2.05, 4.69) is 31.4 Å². The Morgan fingerprint density at radius 1 is 1.38 bits per heavy atom. The highest BCUT2D eigenvalue weighted by atomic mass is 35.5. The molecule has 1 aliphatic heterocycles. The van der Waals surface area contributed by atoms with Crippen LogP contribution >= 0.6 is 24.2 Å². The van der Waals surface area contributed by atoms with Crippen LogP contribution in [0.2, 0.25) is 0 Å². The number of benzene rings is 1. The van der Waals surface area contributed by atoms with Crippen molar-refractivity contribution >= 4 is 30.1 Å². The number of carbonyl (C=O) groups excluding carboxylic acids is 1. The minimum atomic E-state index is 0. The van der Waals surface area contributed by atoms with Crippen LogP contribution in [0.25, 0.3) is 0 Å². The minimum absolute atomic E-state index is 0. The van der Waals surface area contributed by atoms with Gasteiger partial charge >= 0.3 is 0 Å². The Labute approximate surface area is 138 Å². The van der Waals surface area contributed by atoms with E-state index in [4.69, 9.17) is 0 Å². The van der Waals surface area contributed by atoms with Crippen LogP contribution in [0.3, 0.4) is 0 Å². The van der Waals surface area contributed by atoms with Gasteiger partial charge in [-0.15, -0.1) is 24.2 Å². The van der Waals surface area contributed by atoms with E-state index in [1.165, 1.54) is 0 Å². The first-order chi connectivity index (χ1) is 9.58. The molecular formula is C16H25ClN2OS. The van der Waals surface area contributed by atoms with Crippen LogP contribution in [-0.4, -0.2) is 29.8 Å². The average molecular weight is 329 g/mol. The van der Waals surface area contributed by atoms with Crippen LogP contribution in [0, 0.1) is 0 Å². The second-order valence-corrected chi connectivity index (χ2v) is 7.25. The number of halogens is 1. The zero-order valence-electron chi connectivity index (χ0n) is 12.9.